The zero-order valence-corrected chi connectivity index (χ0v) is 10.8. The minimum Gasteiger partial charge on any atom is -0.201 e. The van der Waals surface area contributed by atoms with Gasteiger partial charge in [0.1, 0.15) is 0 Å². The van der Waals surface area contributed by atoms with Crippen molar-refractivity contribution < 1.29 is 8.78 Å². The van der Waals surface area contributed by atoms with Crippen LogP contribution in [0.25, 0.3) is 0 Å². The first-order chi connectivity index (χ1) is 7.85. The first kappa shape index (κ1) is 14.1. The van der Waals surface area contributed by atoms with Gasteiger partial charge in [-0.05, 0) is 11.8 Å². The summed E-state index contributed by atoms with van der Waals surface area (Å²) in [5.41, 5.74) is -1.43. The van der Waals surface area contributed by atoms with E-state index in [0.717, 1.165) is 12.8 Å². The second-order valence-corrected chi connectivity index (χ2v) is 5.12. The molecule has 1 rings (SSSR count). The lowest BCUT2D eigenvalue weighted by Gasteiger charge is -2.29. The summed E-state index contributed by atoms with van der Waals surface area (Å²) in [6, 6.07) is 0. The molecule has 0 bridgehead atoms. The van der Waals surface area contributed by atoms with Crippen molar-refractivity contribution in [3.63, 3.8) is 0 Å². The van der Waals surface area contributed by atoms with Crippen LogP contribution in [-0.2, 0) is 0 Å². The Hall–Kier alpha value is -0.980. The number of terminal acetylenes is 1. The molecule has 0 radical (unpaired) electrons. The van der Waals surface area contributed by atoms with E-state index in [1.165, 1.54) is 0 Å². The maximum Gasteiger partial charge on any atom is 0.306 e. The van der Waals surface area contributed by atoms with Gasteiger partial charge in [0.05, 0.1) is 6.42 Å². The topological polar surface area (TPSA) is 24.7 Å². The number of halogens is 2. The lowest BCUT2D eigenvalue weighted by Crippen LogP contribution is -2.38. The van der Waals surface area contributed by atoms with Gasteiger partial charge in [-0.1, -0.05) is 33.6 Å². The van der Waals surface area contributed by atoms with E-state index in [9.17, 15) is 8.78 Å². The molecule has 0 spiro atoms. The van der Waals surface area contributed by atoms with E-state index in [4.69, 9.17) is 6.42 Å². The van der Waals surface area contributed by atoms with E-state index in [1.807, 2.05) is 5.92 Å². The van der Waals surface area contributed by atoms with Gasteiger partial charge in [0, 0.05) is 6.42 Å². The summed E-state index contributed by atoms with van der Waals surface area (Å²) < 4.78 is 27.4. The Morgan fingerprint density at radius 2 is 1.76 bits per heavy atom. The Kier molecular flexibility index (Phi) is 3.91. The Morgan fingerprint density at radius 1 is 1.24 bits per heavy atom. The van der Waals surface area contributed by atoms with Gasteiger partial charge >= 0.3 is 5.92 Å². The molecule has 0 amide bonds. The van der Waals surface area contributed by atoms with Crippen LogP contribution in [0.5, 0.6) is 0 Å². The molecule has 0 saturated heterocycles. The molecule has 2 nitrogen and oxygen atoms in total. The van der Waals surface area contributed by atoms with Crippen molar-refractivity contribution in [3.8, 4) is 12.3 Å². The molecule has 0 atom stereocenters. The largest absolute Gasteiger partial charge is 0.306 e. The normalized spacial score (nSPS) is 17.9. The molecule has 1 heterocycles. The van der Waals surface area contributed by atoms with Crippen molar-refractivity contribution in [2.45, 2.75) is 64.5 Å². The molecule has 4 heteroatoms. The van der Waals surface area contributed by atoms with Gasteiger partial charge in [-0.25, -0.2) is 8.78 Å². The number of hydrogen-bond acceptors (Lipinski definition) is 2. The number of rotatable bonds is 7. The zero-order valence-electron chi connectivity index (χ0n) is 10.8. The SMILES string of the molecule is C#CCC(F)(F)C1(CCC(C)(CC)CC)N=N1. The maximum absolute atomic E-state index is 13.7. The summed E-state index contributed by atoms with van der Waals surface area (Å²) in [4.78, 5) is 0. The molecule has 0 aliphatic carbocycles. The number of hydrogen-bond donors (Lipinski definition) is 0. The van der Waals surface area contributed by atoms with Crippen LogP contribution in [0.2, 0.25) is 0 Å². The zero-order chi connectivity index (χ0) is 13.2. The summed E-state index contributed by atoms with van der Waals surface area (Å²) in [5.74, 6) is -0.987. The van der Waals surface area contributed by atoms with Crippen LogP contribution in [0.3, 0.4) is 0 Å². The van der Waals surface area contributed by atoms with Gasteiger partial charge in [0.15, 0.2) is 0 Å². The second kappa shape index (κ2) is 4.72. The van der Waals surface area contributed by atoms with Crippen LogP contribution in [0.15, 0.2) is 10.2 Å². The molecule has 1 aliphatic rings. The molecule has 1 aliphatic heterocycles. The highest BCUT2D eigenvalue weighted by Crippen LogP contribution is 2.50. The lowest BCUT2D eigenvalue weighted by molar-refractivity contribution is -0.0457. The van der Waals surface area contributed by atoms with Gasteiger partial charge in [-0.2, -0.15) is 10.2 Å². The fourth-order valence-corrected chi connectivity index (χ4v) is 1.84. The highest BCUT2D eigenvalue weighted by atomic mass is 19.3. The molecule has 96 valence electrons. The molecule has 0 fully saturated rings. The van der Waals surface area contributed by atoms with Gasteiger partial charge in [0.25, 0.3) is 5.66 Å². The summed E-state index contributed by atoms with van der Waals surface area (Å²) in [5, 5.41) is 7.15. The molecular weight excluding hydrogens is 222 g/mol. The fraction of sp³-hybridized carbons (Fsp3) is 0.846. The molecular formula is C13H20F2N2. The molecule has 0 unspecified atom stereocenters. The molecule has 17 heavy (non-hydrogen) atoms. The van der Waals surface area contributed by atoms with E-state index in [1.54, 1.807) is 0 Å². The van der Waals surface area contributed by atoms with Crippen LogP contribution in [0.4, 0.5) is 8.78 Å². The highest BCUT2D eigenvalue weighted by Gasteiger charge is 2.61. The fourth-order valence-electron chi connectivity index (χ4n) is 1.84. The van der Waals surface area contributed by atoms with Crippen molar-refractivity contribution in [3.05, 3.63) is 0 Å². The van der Waals surface area contributed by atoms with Crippen LogP contribution in [0, 0.1) is 17.8 Å². The Morgan fingerprint density at radius 3 is 2.12 bits per heavy atom. The Balaban J connectivity index is 2.61. The lowest BCUT2D eigenvalue weighted by atomic mass is 9.78. The van der Waals surface area contributed by atoms with Crippen LogP contribution >= 0.6 is 0 Å². The van der Waals surface area contributed by atoms with Crippen molar-refractivity contribution >= 4 is 0 Å². The van der Waals surface area contributed by atoms with Crippen LogP contribution in [-0.4, -0.2) is 11.6 Å². The van der Waals surface area contributed by atoms with Crippen molar-refractivity contribution in [1.29, 1.82) is 0 Å². The highest BCUT2D eigenvalue weighted by molar-refractivity contribution is 5.09. The van der Waals surface area contributed by atoms with E-state index < -0.39 is 18.0 Å². The van der Waals surface area contributed by atoms with Crippen molar-refractivity contribution in [2.75, 3.05) is 0 Å². The summed E-state index contributed by atoms with van der Waals surface area (Å²) in [6.45, 7) is 6.27. The predicted octanol–water partition coefficient (Wildman–Crippen LogP) is 4.41. The second-order valence-electron chi connectivity index (χ2n) is 5.12. The van der Waals surface area contributed by atoms with Crippen LogP contribution in [0.1, 0.15) is 52.9 Å². The van der Waals surface area contributed by atoms with Crippen molar-refractivity contribution in [1.82, 2.24) is 0 Å². The number of alkyl halides is 2. The molecule has 0 N–H and O–H groups in total. The van der Waals surface area contributed by atoms with E-state index in [0.29, 0.717) is 12.8 Å². The van der Waals surface area contributed by atoms with E-state index in [2.05, 4.69) is 31.0 Å². The standard InChI is InChI=1S/C13H20F2N2/c1-5-8-12(14,15)13(16-17-13)10-9-11(4,6-2)7-3/h1H,6-10H2,2-4H3. The maximum atomic E-state index is 13.7. The number of nitrogens with zero attached hydrogens (tertiary/aromatic N) is 2. The average Bonchev–Trinajstić information content (AvgIpc) is 3.07. The predicted molar refractivity (Wildman–Crippen MR) is 63.9 cm³/mol. The van der Waals surface area contributed by atoms with Crippen LogP contribution < -0.4 is 0 Å². The summed E-state index contributed by atoms with van der Waals surface area (Å²) in [6.07, 6.45) is 7.31. The molecule has 0 saturated carbocycles. The van der Waals surface area contributed by atoms with E-state index in [-0.39, 0.29) is 5.41 Å². The average molecular weight is 242 g/mol. The third-order valence-electron chi connectivity index (χ3n) is 4.04. The first-order valence-electron chi connectivity index (χ1n) is 6.10. The molecule has 0 aromatic carbocycles. The Labute approximate surface area is 102 Å². The Bertz CT molecular complexity index is 332. The minimum atomic E-state index is -3.00. The third-order valence-corrected chi connectivity index (χ3v) is 4.04. The van der Waals surface area contributed by atoms with Crippen molar-refractivity contribution in [2.24, 2.45) is 15.6 Å². The molecule has 0 aromatic rings. The van der Waals surface area contributed by atoms with Gasteiger partial charge < -0.3 is 0 Å². The monoisotopic (exact) mass is 242 g/mol. The van der Waals surface area contributed by atoms with Gasteiger partial charge in [-0.15, -0.1) is 12.3 Å². The quantitative estimate of drug-likeness (QED) is 0.591. The van der Waals surface area contributed by atoms with Gasteiger partial charge in [0.2, 0.25) is 0 Å². The summed E-state index contributed by atoms with van der Waals surface area (Å²) >= 11 is 0. The van der Waals surface area contributed by atoms with E-state index >= 15 is 0 Å². The smallest absolute Gasteiger partial charge is 0.201 e. The minimum absolute atomic E-state index is 0.0901. The first-order valence-corrected chi connectivity index (χ1v) is 6.10. The molecule has 0 aromatic heterocycles. The third kappa shape index (κ3) is 2.83. The van der Waals surface area contributed by atoms with Gasteiger partial charge in [-0.3, -0.25) is 0 Å². The summed E-state index contributed by atoms with van der Waals surface area (Å²) in [7, 11) is 0.